The molecule has 0 aromatic carbocycles. The molecule has 1 unspecified atom stereocenters. The van der Waals surface area contributed by atoms with Gasteiger partial charge in [-0.1, -0.05) is 13.3 Å². The van der Waals surface area contributed by atoms with Crippen LogP contribution in [0.5, 0.6) is 0 Å². The molecule has 0 fully saturated rings. The van der Waals surface area contributed by atoms with Crippen molar-refractivity contribution in [2.75, 3.05) is 34.2 Å². The largest absolute Gasteiger partial charge is 0.368 e. The lowest BCUT2D eigenvalue weighted by Crippen LogP contribution is -2.51. The number of carbonyl (C=O) groups excluding carboxylic acids is 1. The second-order valence-electron chi connectivity index (χ2n) is 5.00. The van der Waals surface area contributed by atoms with Crippen molar-refractivity contribution in [3.05, 3.63) is 14.1 Å². The lowest BCUT2D eigenvalue weighted by molar-refractivity contribution is -0.873. The molecule has 0 aliphatic heterocycles. The van der Waals surface area contributed by atoms with Crippen LogP contribution in [0.4, 0.5) is 0 Å². The molecule has 0 bridgehead atoms. The summed E-state index contributed by atoms with van der Waals surface area (Å²) in [7, 11) is 16.9. The maximum atomic E-state index is 11.7. The first-order valence-electron chi connectivity index (χ1n) is 5.48. The van der Waals surface area contributed by atoms with Crippen molar-refractivity contribution >= 4 is 5.91 Å². The van der Waals surface area contributed by atoms with Crippen LogP contribution in [0.1, 0.15) is 26.2 Å². The second-order valence-corrected chi connectivity index (χ2v) is 5.00. The van der Waals surface area contributed by atoms with E-state index in [1.807, 2.05) is 7.05 Å². The topological polar surface area (TPSA) is 17.1 Å². The fraction of sp³-hybridized carbons (Fsp3) is 0.750. The van der Waals surface area contributed by atoms with Crippen LogP contribution in [-0.4, -0.2) is 49.1 Å². The fourth-order valence-corrected chi connectivity index (χ4v) is 1.29. The van der Waals surface area contributed by atoms with Crippen LogP contribution in [0.2, 0.25) is 0 Å². The molecule has 0 aromatic heterocycles. The third-order valence-electron chi connectivity index (χ3n) is 2.41. The lowest BCUT2D eigenvalue weighted by Gasteiger charge is -2.29. The van der Waals surface area contributed by atoms with E-state index in [-0.39, 0.29) is 21.4 Å². The number of nitrogens with zero attached hydrogens (tertiary/aromatic N) is 2. The van der Waals surface area contributed by atoms with E-state index < -0.39 is 0 Å². The molecule has 0 rings (SSSR count). The molecule has 3 nitrogen and oxygen atoms in total. The van der Waals surface area contributed by atoms with Crippen LogP contribution in [-0.2, 0) is 4.79 Å². The van der Waals surface area contributed by atoms with Gasteiger partial charge in [-0.05, 0) is 12.8 Å². The molecule has 4 radical (unpaired) electrons. The van der Waals surface area contributed by atoms with E-state index in [4.69, 9.17) is 14.1 Å². The fourth-order valence-electron chi connectivity index (χ4n) is 1.29. The van der Waals surface area contributed by atoms with Gasteiger partial charge in [0.05, 0.1) is 27.7 Å². The summed E-state index contributed by atoms with van der Waals surface area (Å²) in [5, 5.41) is 0. The Labute approximate surface area is 94.9 Å². The van der Waals surface area contributed by atoms with Crippen LogP contribution in [0.15, 0.2) is 0 Å². The summed E-state index contributed by atoms with van der Waals surface area (Å²) in [5.74, 6) is -0.0449. The first kappa shape index (κ1) is 14.6. The Balaban J connectivity index is 4.08. The highest BCUT2D eigenvalue weighted by molar-refractivity contribution is 5.70. The second kappa shape index (κ2) is 5.61. The van der Waals surface area contributed by atoms with Crippen molar-refractivity contribution < 1.29 is 13.8 Å². The molecule has 0 spiro atoms. The van der Waals surface area contributed by atoms with E-state index in [1.54, 1.807) is 14.1 Å². The monoisotopic (exact) mass is 212 g/mol. The lowest BCUT2D eigenvalue weighted by atomic mass is 10.2. The quantitative estimate of drug-likeness (QED) is 0.482. The maximum Gasteiger partial charge on any atom is 0.368 e. The minimum Gasteiger partial charge on any atom is -0.302 e. The van der Waals surface area contributed by atoms with Crippen LogP contribution >= 0.6 is 0 Å². The molecule has 0 heterocycles. The zero-order chi connectivity index (χ0) is 12.1. The Morgan fingerprint density at radius 1 is 1.13 bits per heavy atom. The first-order chi connectivity index (χ1) is 6.69. The van der Waals surface area contributed by atoms with Crippen molar-refractivity contribution in [3.63, 3.8) is 0 Å². The van der Waals surface area contributed by atoms with Gasteiger partial charge in [-0.2, -0.15) is 0 Å². The highest BCUT2D eigenvalue weighted by Gasteiger charge is 2.30. The Bertz CT molecular complexity index is 204. The number of rotatable bonds is 6. The van der Waals surface area contributed by atoms with E-state index in [9.17, 15) is 4.79 Å². The number of quaternary nitrogens is 2. The van der Waals surface area contributed by atoms with Crippen molar-refractivity contribution in [2.24, 2.45) is 0 Å². The summed E-state index contributed by atoms with van der Waals surface area (Å²) in [6, 6.07) is 0. The van der Waals surface area contributed by atoms with E-state index in [0.29, 0.717) is 0 Å². The number of likely N-dealkylation sites (N-methyl/N-ethyl adjacent to an activating group) is 2. The van der Waals surface area contributed by atoms with E-state index in [1.165, 1.54) is 0 Å². The van der Waals surface area contributed by atoms with E-state index in [2.05, 4.69) is 6.92 Å². The van der Waals surface area contributed by atoms with Gasteiger partial charge < -0.3 is 4.48 Å². The smallest absolute Gasteiger partial charge is 0.302 e. The summed E-state index contributed by atoms with van der Waals surface area (Å²) >= 11 is 0. The van der Waals surface area contributed by atoms with Gasteiger partial charge in [0.1, 0.15) is 0 Å². The van der Waals surface area contributed by atoms with Gasteiger partial charge in [-0.25, -0.2) is 9.28 Å². The van der Waals surface area contributed by atoms with Crippen LogP contribution in [0, 0.1) is 14.1 Å². The zero-order valence-electron chi connectivity index (χ0n) is 10.5. The molecule has 0 aliphatic carbocycles. The van der Waals surface area contributed by atoms with Crippen LogP contribution < -0.4 is 0 Å². The maximum absolute atomic E-state index is 11.7. The molecular formula is C12H24N2O+2. The summed E-state index contributed by atoms with van der Waals surface area (Å²) < 4.78 is 0.0799. The van der Waals surface area contributed by atoms with Crippen LogP contribution in [0.25, 0.3) is 0 Å². The standard InChI is InChI=1S/C12H24N2O/c1-7-8-9-10-14(5,6)11-12(15)13(2,3)4/h2,5H,7-11H2,1,3-4,6H3/q+2. The van der Waals surface area contributed by atoms with E-state index >= 15 is 0 Å². The molecule has 86 valence electrons. The zero-order valence-corrected chi connectivity index (χ0v) is 10.5. The van der Waals surface area contributed by atoms with Gasteiger partial charge in [0, 0.05) is 0 Å². The summed E-state index contributed by atoms with van der Waals surface area (Å²) in [4.78, 5) is 11.7. The van der Waals surface area contributed by atoms with Crippen molar-refractivity contribution in [3.8, 4) is 0 Å². The van der Waals surface area contributed by atoms with Gasteiger partial charge in [0.25, 0.3) is 0 Å². The van der Waals surface area contributed by atoms with Gasteiger partial charge in [0.15, 0.2) is 6.54 Å². The van der Waals surface area contributed by atoms with Gasteiger partial charge >= 0.3 is 5.91 Å². The highest BCUT2D eigenvalue weighted by atomic mass is 16.2. The molecule has 15 heavy (non-hydrogen) atoms. The summed E-state index contributed by atoms with van der Waals surface area (Å²) in [6.45, 7) is 3.25. The Kier molecular flexibility index (Phi) is 5.46. The normalized spacial score (nSPS) is 12.9. The first-order valence-corrected chi connectivity index (χ1v) is 5.48. The molecule has 1 amide bonds. The Morgan fingerprint density at radius 2 is 1.67 bits per heavy atom. The predicted molar refractivity (Wildman–Crippen MR) is 61.2 cm³/mol. The number of hydrogen-bond acceptors (Lipinski definition) is 1. The Hall–Kier alpha value is -0.410. The van der Waals surface area contributed by atoms with E-state index in [0.717, 1.165) is 25.8 Å². The highest BCUT2D eigenvalue weighted by Crippen LogP contribution is 2.07. The molecule has 3 heteroatoms. The van der Waals surface area contributed by atoms with Crippen molar-refractivity contribution in [1.29, 1.82) is 0 Å². The van der Waals surface area contributed by atoms with Crippen molar-refractivity contribution in [1.82, 2.24) is 0 Å². The number of unbranched alkanes of at least 4 members (excludes halogenated alkanes) is 2. The van der Waals surface area contributed by atoms with Crippen LogP contribution in [0.3, 0.4) is 0 Å². The minimum absolute atomic E-state index is 0.0449. The third-order valence-corrected chi connectivity index (χ3v) is 2.41. The predicted octanol–water partition coefficient (Wildman–Crippen LogP) is 1.56. The molecule has 0 N–H and O–H groups in total. The van der Waals surface area contributed by atoms with Crippen molar-refractivity contribution in [2.45, 2.75) is 26.2 Å². The molecule has 0 saturated heterocycles. The third kappa shape index (κ3) is 6.63. The molecule has 0 saturated carbocycles. The minimum atomic E-state index is -0.154. The average molecular weight is 212 g/mol. The SMILES string of the molecule is [CH][N+](C)(CCCCC)CC(=O)[N+]([CH])(C)C. The molecule has 0 aromatic rings. The summed E-state index contributed by atoms with van der Waals surface area (Å²) in [5.41, 5.74) is 0. The van der Waals surface area contributed by atoms with Gasteiger partial charge in [-0.3, -0.25) is 0 Å². The number of amides is 1. The molecule has 0 aliphatic rings. The summed E-state index contributed by atoms with van der Waals surface area (Å²) in [6.07, 6.45) is 3.36. The molecular weight excluding hydrogens is 188 g/mol. The molecule has 1 atom stereocenters. The average Bonchev–Trinajstić information content (AvgIpc) is 2.01. The van der Waals surface area contributed by atoms with Gasteiger partial charge in [0.2, 0.25) is 14.1 Å². The number of carbonyl (C=O) groups is 1. The number of hydrogen-bond donors (Lipinski definition) is 0. The van der Waals surface area contributed by atoms with Gasteiger partial charge in [-0.15, -0.1) is 0 Å². The Morgan fingerprint density at radius 3 is 2.07 bits per heavy atom.